The van der Waals surface area contributed by atoms with E-state index in [9.17, 15) is 22.9 Å². The number of hydrogen-bond donors (Lipinski definition) is 3. The van der Waals surface area contributed by atoms with Crippen molar-refractivity contribution in [1.29, 1.82) is 0 Å². The number of aliphatic hydroxyl groups is 1. The highest BCUT2D eigenvalue weighted by atomic mass is 32.2. The second kappa shape index (κ2) is 8.26. The minimum atomic E-state index is -4.31. The van der Waals surface area contributed by atoms with Gasteiger partial charge in [0.1, 0.15) is 18.3 Å². The highest BCUT2D eigenvalue weighted by Gasteiger charge is 2.50. The number of sulfone groups is 1. The number of nitrogens with two attached hydrogens (primary N) is 1. The standard InChI is InChI=1S/C19H22N5O8PS/c1-8(2)9-3-5-10(6-4-9)34(28,29)19-21-12-15(22-18(20)23-16(12)26)24(19)17-13(25)14-11(31-17)7-30-33(27)32-14/h3-6,8,11,13-14,17,25,33H,7H2,1-2H3,(H3,20,22,23,26)/t11?,13?,14-,17-/m1/s1. The largest absolute Gasteiger partial charge is 0.386 e. The molecule has 15 heteroatoms. The predicted octanol–water partition coefficient (Wildman–Crippen LogP) is 0.721. The number of aliphatic hydroxyl groups excluding tert-OH is 1. The summed E-state index contributed by atoms with van der Waals surface area (Å²) in [6.45, 7) is 3.82. The fraction of sp³-hybridized carbons (Fsp3) is 0.421. The van der Waals surface area contributed by atoms with Gasteiger partial charge in [-0.05, 0) is 23.6 Å². The Bertz CT molecular complexity index is 1450. The highest BCUT2D eigenvalue weighted by molar-refractivity contribution is 7.91. The number of H-pyrrole nitrogens is 1. The Kier molecular flexibility index (Phi) is 5.62. The lowest BCUT2D eigenvalue weighted by Gasteiger charge is -2.24. The van der Waals surface area contributed by atoms with Crippen molar-refractivity contribution in [3.63, 3.8) is 0 Å². The monoisotopic (exact) mass is 511 g/mol. The molecule has 2 aromatic heterocycles. The smallest absolute Gasteiger partial charge is 0.319 e. The molecule has 5 atom stereocenters. The third-order valence-corrected chi connectivity index (χ3v) is 8.32. The van der Waals surface area contributed by atoms with Gasteiger partial charge >= 0.3 is 8.25 Å². The van der Waals surface area contributed by atoms with E-state index in [0.717, 1.165) is 10.1 Å². The van der Waals surface area contributed by atoms with E-state index in [-0.39, 0.29) is 34.5 Å². The molecular formula is C19H22N5O8PS. The van der Waals surface area contributed by atoms with Gasteiger partial charge in [-0.1, -0.05) is 26.0 Å². The lowest BCUT2D eigenvalue weighted by Crippen LogP contribution is -2.37. The zero-order valence-corrected chi connectivity index (χ0v) is 19.9. The van der Waals surface area contributed by atoms with Gasteiger partial charge in [-0.3, -0.25) is 18.9 Å². The van der Waals surface area contributed by atoms with E-state index in [1.807, 2.05) is 13.8 Å². The SMILES string of the molecule is CC(C)c1ccc(S(=O)(=O)c2nc3c(=O)[nH]c(N)nc3n2[C@@H]2OC3CO[PH](=O)O[C@H]3C2O)cc1. The van der Waals surface area contributed by atoms with Crippen LogP contribution in [0.5, 0.6) is 0 Å². The fourth-order valence-corrected chi connectivity index (χ4v) is 6.29. The molecule has 13 nitrogen and oxygen atoms in total. The molecule has 2 saturated heterocycles. The molecule has 0 aliphatic carbocycles. The lowest BCUT2D eigenvalue weighted by atomic mass is 10.0. The van der Waals surface area contributed by atoms with Crippen molar-refractivity contribution < 1.29 is 31.9 Å². The molecule has 0 amide bonds. The van der Waals surface area contributed by atoms with Crippen LogP contribution in [0.4, 0.5) is 5.95 Å². The molecule has 1 aromatic carbocycles. The summed E-state index contributed by atoms with van der Waals surface area (Å²) < 4.78 is 56.0. The maximum absolute atomic E-state index is 13.6. The van der Waals surface area contributed by atoms with Crippen molar-refractivity contribution in [2.45, 2.75) is 54.4 Å². The summed E-state index contributed by atoms with van der Waals surface area (Å²) >= 11 is 0. The van der Waals surface area contributed by atoms with E-state index >= 15 is 0 Å². The molecule has 0 radical (unpaired) electrons. The van der Waals surface area contributed by atoms with Crippen LogP contribution < -0.4 is 11.3 Å². The first-order valence-electron chi connectivity index (χ1n) is 10.4. The molecule has 0 saturated carbocycles. The molecule has 2 aliphatic rings. The van der Waals surface area contributed by atoms with Gasteiger partial charge in [0, 0.05) is 0 Å². The highest BCUT2D eigenvalue weighted by Crippen LogP contribution is 2.44. The van der Waals surface area contributed by atoms with Crippen molar-refractivity contribution in [2.75, 3.05) is 12.3 Å². The zero-order valence-electron chi connectivity index (χ0n) is 18.0. The summed E-state index contributed by atoms with van der Waals surface area (Å²) in [5.74, 6) is -0.0921. The van der Waals surface area contributed by atoms with Crippen molar-refractivity contribution in [3.05, 3.63) is 40.2 Å². The molecule has 34 heavy (non-hydrogen) atoms. The first-order chi connectivity index (χ1) is 16.1. The molecule has 3 unspecified atom stereocenters. The van der Waals surface area contributed by atoms with Crippen LogP contribution in [-0.2, 0) is 28.2 Å². The van der Waals surface area contributed by atoms with Crippen molar-refractivity contribution in [2.24, 2.45) is 0 Å². The zero-order chi connectivity index (χ0) is 24.4. The Morgan fingerprint density at radius 1 is 1.26 bits per heavy atom. The number of aromatic amines is 1. The van der Waals surface area contributed by atoms with Crippen LogP contribution in [0.2, 0.25) is 0 Å². The minimum Gasteiger partial charge on any atom is -0.386 e. The van der Waals surface area contributed by atoms with Crippen LogP contribution in [0.1, 0.15) is 31.6 Å². The van der Waals surface area contributed by atoms with Crippen molar-refractivity contribution >= 4 is 35.2 Å². The molecule has 4 heterocycles. The van der Waals surface area contributed by atoms with Crippen LogP contribution in [-0.4, -0.2) is 58.0 Å². The van der Waals surface area contributed by atoms with Gasteiger partial charge in [0.25, 0.3) is 5.56 Å². The third-order valence-electron chi connectivity index (χ3n) is 5.80. The number of benzene rings is 1. The number of hydrogen-bond acceptors (Lipinski definition) is 11. The summed E-state index contributed by atoms with van der Waals surface area (Å²) in [5, 5.41) is 10.3. The van der Waals surface area contributed by atoms with E-state index < -0.39 is 53.3 Å². The summed E-state index contributed by atoms with van der Waals surface area (Å²) in [6.07, 6.45) is -4.71. The molecule has 0 bridgehead atoms. The number of rotatable bonds is 4. The number of aromatic nitrogens is 4. The lowest BCUT2D eigenvalue weighted by molar-refractivity contribution is -0.0585. The molecule has 0 spiro atoms. The Balaban J connectivity index is 1.70. The van der Waals surface area contributed by atoms with Crippen LogP contribution in [0, 0.1) is 0 Å². The van der Waals surface area contributed by atoms with Gasteiger partial charge in [0.15, 0.2) is 17.4 Å². The predicted molar refractivity (Wildman–Crippen MR) is 118 cm³/mol. The van der Waals surface area contributed by atoms with Crippen molar-refractivity contribution in [3.8, 4) is 0 Å². The van der Waals surface area contributed by atoms with E-state index in [0.29, 0.717) is 0 Å². The molecule has 2 aliphatic heterocycles. The molecule has 3 aromatic rings. The van der Waals surface area contributed by atoms with Gasteiger partial charge < -0.3 is 24.6 Å². The van der Waals surface area contributed by atoms with Crippen molar-refractivity contribution in [1.82, 2.24) is 19.5 Å². The molecule has 2 fully saturated rings. The first-order valence-corrected chi connectivity index (χ1v) is 13.1. The number of nitrogen functional groups attached to an aromatic ring is 1. The van der Waals surface area contributed by atoms with E-state index in [2.05, 4.69) is 15.0 Å². The van der Waals surface area contributed by atoms with Crippen LogP contribution in [0.25, 0.3) is 11.2 Å². The Morgan fingerprint density at radius 2 is 1.97 bits per heavy atom. The summed E-state index contributed by atoms with van der Waals surface area (Å²) in [5.41, 5.74) is 5.36. The van der Waals surface area contributed by atoms with E-state index in [1.54, 1.807) is 12.1 Å². The number of fused-ring (bicyclic) bond motifs is 2. The van der Waals surface area contributed by atoms with Gasteiger partial charge in [0.2, 0.25) is 20.9 Å². The third kappa shape index (κ3) is 3.67. The number of nitrogens with one attached hydrogen (secondary N) is 1. The second-order valence-electron chi connectivity index (χ2n) is 8.31. The first kappa shape index (κ1) is 23.1. The van der Waals surface area contributed by atoms with Gasteiger partial charge in [-0.15, -0.1) is 0 Å². The topological polar surface area (TPSA) is 189 Å². The molecule has 182 valence electrons. The Morgan fingerprint density at radius 3 is 2.65 bits per heavy atom. The van der Waals surface area contributed by atoms with Crippen LogP contribution in [0.15, 0.2) is 39.1 Å². The summed E-state index contributed by atoms with van der Waals surface area (Å²) in [4.78, 5) is 22.8. The average Bonchev–Trinajstić information content (AvgIpc) is 3.32. The number of ether oxygens (including phenoxy) is 1. The van der Waals surface area contributed by atoms with E-state index in [1.165, 1.54) is 12.1 Å². The van der Waals surface area contributed by atoms with Gasteiger partial charge in [-0.25, -0.2) is 13.4 Å². The summed E-state index contributed by atoms with van der Waals surface area (Å²) in [6, 6.07) is 6.25. The molecule has 5 rings (SSSR count). The quantitative estimate of drug-likeness (QED) is 0.419. The maximum Gasteiger partial charge on any atom is 0.319 e. The maximum atomic E-state index is 13.6. The second-order valence-corrected chi connectivity index (χ2v) is 11.2. The summed E-state index contributed by atoms with van der Waals surface area (Å²) in [7, 11) is -7.15. The van der Waals surface area contributed by atoms with Gasteiger partial charge in [0.05, 0.1) is 11.5 Å². The molecular weight excluding hydrogens is 489 g/mol. The minimum absolute atomic E-state index is 0.0765. The number of imidazole rings is 1. The Labute approximate surface area is 193 Å². The number of nitrogens with zero attached hydrogens (tertiary/aromatic N) is 3. The average molecular weight is 511 g/mol. The van der Waals surface area contributed by atoms with Crippen LogP contribution >= 0.6 is 8.25 Å². The van der Waals surface area contributed by atoms with Gasteiger partial charge in [-0.2, -0.15) is 4.98 Å². The number of anilines is 1. The van der Waals surface area contributed by atoms with E-state index in [4.69, 9.17) is 19.5 Å². The molecule has 4 N–H and O–H groups in total. The fourth-order valence-electron chi connectivity index (χ4n) is 4.04. The normalized spacial score (nSPS) is 27.4. The van der Waals surface area contributed by atoms with Crippen LogP contribution in [0.3, 0.4) is 0 Å². The Hall–Kier alpha value is -2.61.